The smallest absolute Gasteiger partial charge is 0.211 e. The number of alkyl halides is 3. The average molecular weight is 193 g/mol. The molecule has 0 aromatic carbocycles. The predicted octanol–water partition coefficient (Wildman–Crippen LogP) is 2.73. The van der Waals surface area contributed by atoms with Crippen molar-refractivity contribution in [3.63, 3.8) is 0 Å². The minimum absolute atomic E-state index is 0.0117. The SMILES string of the molecule is O=C=Nc1csc(C(F)(F)F)c1. The summed E-state index contributed by atoms with van der Waals surface area (Å²) in [6, 6.07) is 0.801. The number of halogens is 3. The second-order valence-corrected chi connectivity index (χ2v) is 2.78. The average Bonchev–Trinajstić information content (AvgIpc) is 2.35. The Morgan fingerprint density at radius 2 is 2.17 bits per heavy atom. The summed E-state index contributed by atoms with van der Waals surface area (Å²) >= 11 is 0.499. The first-order valence-electron chi connectivity index (χ1n) is 2.77. The van der Waals surface area contributed by atoms with E-state index in [2.05, 4.69) is 4.99 Å². The maximum Gasteiger partial charge on any atom is 0.425 e. The van der Waals surface area contributed by atoms with Crippen molar-refractivity contribution < 1.29 is 18.0 Å². The Labute approximate surface area is 69.4 Å². The second-order valence-electron chi connectivity index (χ2n) is 1.87. The molecule has 0 saturated heterocycles. The number of hydrogen-bond acceptors (Lipinski definition) is 3. The van der Waals surface area contributed by atoms with Gasteiger partial charge >= 0.3 is 6.18 Å². The Hall–Kier alpha value is -1.13. The number of aliphatic imine (C=N–C) groups is 1. The molecule has 0 saturated carbocycles. The van der Waals surface area contributed by atoms with Crippen LogP contribution >= 0.6 is 11.3 Å². The third-order valence-corrected chi connectivity index (χ3v) is 2.00. The molecule has 1 heterocycles. The van der Waals surface area contributed by atoms with Gasteiger partial charge in [-0.1, -0.05) is 0 Å². The number of carbonyl (C=O) groups excluding carboxylic acids is 1. The van der Waals surface area contributed by atoms with Gasteiger partial charge in [0.2, 0.25) is 6.08 Å². The van der Waals surface area contributed by atoms with Gasteiger partial charge in [0, 0.05) is 5.38 Å². The summed E-state index contributed by atoms with van der Waals surface area (Å²) in [6.45, 7) is 0. The van der Waals surface area contributed by atoms with E-state index in [4.69, 9.17) is 0 Å². The summed E-state index contributed by atoms with van der Waals surface area (Å²) in [5.41, 5.74) is -0.0117. The summed E-state index contributed by atoms with van der Waals surface area (Å²) in [5.74, 6) is 0. The fourth-order valence-electron chi connectivity index (χ4n) is 0.586. The van der Waals surface area contributed by atoms with Crippen LogP contribution in [0.3, 0.4) is 0 Å². The van der Waals surface area contributed by atoms with Crippen LogP contribution in [0.15, 0.2) is 16.4 Å². The van der Waals surface area contributed by atoms with Crippen molar-refractivity contribution in [3.05, 3.63) is 16.3 Å². The first-order valence-corrected chi connectivity index (χ1v) is 3.65. The zero-order valence-electron chi connectivity index (χ0n) is 5.55. The summed E-state index contributed by atoms with van der Waals surface area (Å²) < 4.78 is 35.7. The molecule has 6 heteroatoms. The van der Waals surface area contributed by atoms with Gasteiger partial charge in [-0.2, -0.15) is 18.2 Å². The molecule has 0 atom stereocenters. The van der Waals surface area contributed by atoms with Crippen molar-refractivity contribution in [3.8, 4) is 0 Å². The molecule has 0 amide bonds. The molecular formula is C6H2F3NOS. The van der Waals surface area contributed by atoms with Gasteiger partial charge in [0.05, 0.1) is 5.69 Å². The summed E-state index contributed by atoms with van der Waals surface area (Å²) in [6.07, 6.45) is -3.20. The quantitative estimate of drug-likeness (QED) is 0.498. The Morgan fingerprint density at radius 1 is 1.50 bits per heavy atom. The van der Waals surface area contributed by atoms with E-state index in [1.807, 2.05) is 0 Å². The lowest BCUT2D eigenvalue weighted by atomic mass is 10.4. The Kier molecular flexibility index (Phi) is 2.30. The highest BCUT2D eigenvalue weighted by atomic mass is 32.1. The highest BCUT2D eigenvalue weighted by Gasteiger charge is 2.32. The first kappa shape index (κ1) is 8.96. The molecule has 0 unspecified atom stereocenters. The standard InChI is InChI=1S/C6H2F3NOS/c7-6(8,9)5-1-4(2-12-5)10-3-11/h1-2H. The van der Waals surface area contributed by atoms with Crippen LogP contribution < -0.4 is 0 Å². The summed E-state index contributed by atoms with van der Waals surface area (Å²) in [4.78, 5) is 11.9. The number of isocyanates is 1. The van der Waals surface area contributed by atoms with Crippen molar-refractivity contribution in [1.82, 2.24) is 0 Å². The van der Waals surface area contributed by atoms with Gasteiger partial charge in [-0.05, 0) is 6.07 Å². The topological polar surface area (TPSA) is 29.4 Å². The minimum Gasteiger partial charge on any atom is -0.211 e. The van der Waals surface area contributed by atoms with Crippen LogP contribution in [-0.2, 0) is 11.0 Å². The molecule has 0 aliphatic heterocycles. The molecule has 0 N–H and O–H groups in total. The second kappa shape index (κ2) is 3.08. The lowest BCUT2D eigenvalue weighted by Gasteiger charge is -1.99. The van der Waals surface area contributed by atoms with Crippen LogP contribution in [0.5, 0.6) is 0 Å². The fraction of sp³-hybridized carbons (Fsp3) is 0.167. The van der Waals surface area contributed by atoms with E-state index in [0.717, 1.165) is 17.5 Å². The van der Waals surface area contributed by atoms with Crippen molar-refractivity contribution in [2.75, 3.05) is 0 Å². The van der Waals surface area contributed by atoms with Crippen LogP contribution in [-0.4, -0.2) is 6.08 Å². The zero-order valence-corrected chi connectivity index (χ0v) is 6.37. The van der Waals surface area contributed by atoms with E-state index in [1.54, 1.807) is 0 Å². The van der Waals surface area contributed by atoms with Crippen LogP contribution in [0, 0.1) is 0 Å². The van der Waals surface area contributed by atoms with Gasteiger partial charge in [0.1, 0.15) is 4.88 Å². The zero-order chi connectivity index (χ0) is 9.19. The van der Waals surface area contributed by atoms with Crippen LogP contribution in [0.2, 0.25) is 0 Å². The fourth-order valence-corrected chi connectivity index (χ4v) is 1.28. The molecule has 1 rings (SSSR count). The van der Waals surface area contributed by atoms with Gasteiger partial charge in [-0.3, -0.25) is 0 Å². The maximum absolute atomic E-state index is 11.9. The molecule has 2 nitrogen and oxygen atoms in total. The van der Waals surface area contributed by atoms with E-state index < -0.39 is 11.1 Å². The molecule has 0 radical (unpaired) electrons. The number of nitrogens with zero attached hydrogens (tertiary/aromatic N) is 1. The molecule has 0 bridgehead atoms. The van der Waals surface area contributed by atoms with Crippen LogP contribution in [0.4, 0.5) is 18.9 Å². The van der Waals surface area contributed by atoms with Crippen molar-refractivity contribution in [1.29, 1.82) is 0 Å². The van der Waals surface area contributed by atoms with Crippen LogP contribution in [0.25, 0.3) is 0 Å². The van der Waals surface area contributed by atoms with Gasteiger partial charge in [0.15, 0.2) is 0 Å². The number of rotatable bonds is 1. The third kappa shape index (κ3) is 1.93. The molecular weight excluding hydrogens is 191 g/mol. The summed E-state index contributed by atoms with van der Waals surface area (Å²) in [7, 11) is 0. The van der Waals surface area contributed by atoms with E-state index in [-0.39, 0.29) is 5.69 Å². The maximum atomic E-state index is 11.9. The van der Waals surface area contributed by atoms with Gasteiger partial charge in [-0.15, -0.1) is 11.3 Å². The molecule has 0 spiro atoms. The minimum atomic E-state index is -4.36. The molecule has 0 aliphatic rings. The molecule has 12 heavy (non-hydrogen) atoms. The number of thiophene rings is 1. The lowest BCUT2D eigenvalue weighted by Crippen LogP contribution is -2.00. The lowest BCUT2D eigenvalue weighted by molar-refractivity contribution is -0.134. The monoisotopic (exact) mass is 193 g/mol. The van der Waals surface area contributed by atoms with Gasteiger partial charge in [0.25, 0.3) is 0 Å². The molecule has 0 fully saturated rings. The van der Waals surface area contributed by atoms with Gasteiger partial charge < -0.3 is 0 Å². The predicted molar refractivity (Wildman–Crippen MR) is 37.1 cm³/mol. The first-order chi connectivity index (χ1) is 5.54. The Bertz CT molecular complexity index is 324. The van der Waals surface area contributed by atoms with Gasteiger partial charge in [-0.25, -0.2) is 4.79 Å². The Morgan fingerprint density at radius 3 is 2.58 bits per heavy atom. The Balaban J connectivity index is 2.99. The molecule has 1 aromatic heterocycles. The highest BCUT2D eigenvalue weighted by molar-refractivity contribution is 7.10. The highest BCUT2D eigenvalue weighted by Crippen LogP contribution is 2.36. The number of hydrogen-bond donors (Lipinski definition) is 0. The van der Waals surface area contributed by atoms with Crippen LogP contribution in [0.1, 0.15) is 4.88 Å². The normalized spacial score (nSPS) is 10.9. The van der Waals surface area contributed by atoms with E-state index in [9.17, 15) is 18.0 Å². The largest absolute Gasteiger partial charge is 0.425 e. The van der Waals surface area contributed by atoms with Crippen molar-refractivity contribution >= 4 is 23.1 Å². The van der Waals surface area contributed by atoms with Crippen molar-refractivity contribution in [2.24, 2.45) is 4.99 Å². The summed E-state index contributed by atoms with van der Waals surface area (Å²) in [5, 5.41) is 1.15. The third-order valence-electron chi connectivity index (χ3n) is 1.04. The molecule has 64 valence electrons. The molecule has 0 aliphatic carbocycles. The van der Waals surface area contributed by atoms with E-state index in [0.29, 0.717) is 11.3 Å². The van der Waals surface area contributed by atoms with E-state index >= 15 is 0 Å². The van der Waals surface area contributed by atoms with E-state index in [1.165, 1.54) is 0 Å². The van der Waals surface area contributed by atoms with Crippen molar-refractivity contribution in [2.45, 2.75) is 6.18 Å². The molecule has 1 aromatic rings.